The minimum atomic E-state index is -0.344. The number of nitrogens with zero attached hydrogens (tertiary/aromatic N) is 1. The lowest BCUT2D eigenvalue weighted by Crippen LogP contribution is -2.28. The molecule has 1 N–H and O–H groups in total. The fraction of sp³-hybridized carbons (Fsp3) is 0.0909. The summed E-state index contributed by atoms with van der Waals surface area (Å²) in [7, 11) is 0. The largest absolute Gasteiger partial charge is 0.508 e. The van der Waals surface area contributed by atoms with E-state index in [0.717, 1.165) is 0 Å². The first kappa shape index (κ1) is 18.7. The number of carbonyl (C=O) groups is 2. The highest BCUT2D eigenvalue weighted by Gasteiger charge is 2.21. The molecule has 3 rings (SSSR count). The lowest BCUT2D eigenvalue weighted by Gasteiger charge is -2.23. The van der Waals surface area contributed by atoms with Crippen molar-refractivity contribution in [2.24, 2.45) is 0 Å². The van der Waals surface area contributed by atoms with Crippen molar-refractivity contribution in [3.05, 3.63) is 89.4 Å². The van der Waals surface area contributed by atoms with E-state index in [9.17, 15) is 14.7 Å². The fourth-order valence-electron chi connectivity index (χ4n) is 2.78. The molecule has 136 valence electrons. The van der Waals surface area contributed by atoms with Crippen molar-refractivity contribution >= 4 is 34.7 Å². The van der Waals surface area contributed by atoms with Gasteiger partial charge in [0.1, 0.15) is 11.5 Å². The maximum Gasteiger partial charge on any atom is 0.238 e. The summed E-state index contributed by atoms with van der Waals surface area (Å²) in [5, 5.41) is 10.0. The van der Waals surface area contributed by atoms with Crippen molar-refractivity contribution in [3.63, 3.8) is 0 Å². The van der Waals surface area contributed by atoms with E-state index in [-0.39, 0.29) is 30.3 Å². The van der Waals surface area contributed by atoms with Gasteiger partial charge in [-0.3, -0.25) is 14.5 Å². The van der Waals surface area contributed by atoms with E-state index < -0.39 is 0 Å². The summed E-state index contributed by atoms with van der Waals surface area (Å²) >= 11 is 6.10. The molecule has 3 aromatic carbocycles. The Kier molecular flexibility index (Phi) is 5.89. The molecule has 27 heavy (non-hydrogen) atoms. The van der Waals surface area contributed by atoms with Gasteiger partial charge in [0.15, 0.2) is 0 Å². The molecule has 0 aliphatic rings. The average Bonchev–Trinajstić information content (AvgIpc) is 2.66. The number of carbonyl (C=O) groups excluding carboxylic acids is 2. The molecule has 1 amide bonds. The van der Waals surface area contributed by atoms with Crippen molar-refractivity contribution in [2.45, 2.75) is 12.8 Å². The number of benzene rings is 3. The van der Waals surface area contributed by atoms with Gasteiger partial charge in [0, 0.05) is 22.8 Å². The summed E-state index contributed by atoms with van der Waals surface area (Å²) in [6.07, 6.45) is -0.148. The summed E-state index contributed by atoms with van der Waals surface area (Å²) in [6, 6.07) is 22.5. The summed E-state index contributed by atoms with van der Waals surface area (Å²) in [5.74, 6) is -0.453. The number of aromatic hydroxyl groups is 1. The molecule has 5 heteroatoms. The number of halogens is 1. The molecule has 0 radical (unpaired) electrons. The van der Waals surface area contributed by atoms with Gasteiger partial charge in [0.25, 0.3) is 0 Å². The molecule has 0 saturated heterocycles. The number of hydrogen-bond acceptors (Lipinski definition) is 3. The molecule has 3 aromatic rings. The normalized spacial score (nSPS) is 10.4. The van der Waals surface area contributed by atoms with E-state index in [4.69, 9.17) is 11.6 Å². The van der Waals surface area contributed by atoms with Gasteiger partial charge in [-0.15, -0.1) is 0 Å². The standard InChI is InChI=1S/C22H18ClNO3/c23-21-9-5-4-6-16(21)14-20(26)15-22(27)24(17-7-2-1-3-8-17)18-10-12-19(25)13-11-18/h1-13,25H,14-15H2. The molecule has 0 heterocycles. The van der Waals surface area contributed by atoms with Crippen LogP contribution in [0.25, 0.3) is 0 Å². The van der Waals surface area contributed by atoms with Crippen LogP contribution >= 0.6 is 11.6 Å². The number of Topliss-reactive ketones (excluding diaryl/α,β-unsaturated/α-hetero) is 1. The quantitative estimate of drug-likeness (QED) is 0.619. The van der Waals surface area contributed by atoms with E-state index in [1.54, 1.807) is 42.5 Å². The third kappa shape index (κ3) is 4.74. The number of phenolic OH excluding ortho intramolecular Hbond substituents is 1. The van der Waals surface area contributed by atoms with E-state index in [2.05, 4.69) is 0 Å². The van der Waals surface area contributed by atoms with Crippen molar-refractivity contribution in [1.82, 2.24) is 0 Å². The second kappa shape index (κ2) is 8.52. The summed E-state index contributed by atoms with van der Waals surface area (Å²) in [6.45, 7) is 0. The molecule has 0 aliphatic carbocycles. The van der Waals surface area contributed by atoms with Crippen LogP contribution in [0.2, 0.25) is 5.02 Å². The van der Waals surface area contributed by atoms with Crippen LogP contribution in [0, 0.1) is 0 Å². The van der Waals surface area contributed by atoms with Crippen LogP contribution in [0.1, 0.15) is 12.0 Å². The molecule has 0 saturated carbocycles. The zero-order valence-electron chi connectivity index (χ0n) is 14.5. The van der Waals surface area contributed by atoms with Crippen molar-refractivity contribution in [1.29, 1.82) is 0 Å². The minimum Gasteiger partial charge on any atom is -0.508 e. The lowest BCUT2D eigenvalue weighted by atomic mass is 10.1. The second-order valence-corrected chi connectivity index (χ2v) is 6.47. The van der Waals surface area contributed by atoms with Crippen molar-refractivity contribution < 1.29 is 14.7 Å². The molecular weight excluding hydrogens is 362 g/mol. The SMILES string of the molecule is O=C(CC(=O)N(c1ccccc1)c1ccc(O)cc1)Cc1ccccc1Cl. The minimum absolute atomic E-state index is 0.101. The molecule has 0 bridgehead atoms. The Labute approximate surface area is 162 Å². The highest BCUT2D eigenvalue weighted by atomic mass is 35.5. The Bertz CT molecular complexity index is 939. The van der Waals surface area contributed by atoms with Crippen LogP contribution in [0.3, 0.4) is 0 Å². The molecule has 0 aromatic heterocycles. The summed E-state index contributed by atoms with van der Waals surface area (Å²) in [5.41, 5.74) is 1.93. The van der Waals surface area contributed by atoms with Crippen molar-refractivity contribution in [2.75, 3.05) is 4.90 Å². The topological polar surface area (TPSA) is 57.6 Å². The lowest BCUT2D eigenvalue weighted by molar-refractivity contribution is -0.125. The number of ketones is 1. The predicted molar refractivity (Wildman–Crippen MR) is 106 cm³/mol. The Morgan fingerprint density at radius 2 is 1.41 bits per heavy atom. The number of hydrogen-bond donors (Lipinski definition) is 1. The molecule has 0 atom stereocenters. The number of phenols is 1. The second-order valence-electron chi connectivity index (χ2n) is 6.06. The van der Waals surface area contributed by atoms with E-state index in [1.807, 2.05) is 24.3 Å². The molecule has 0 aliphatic heterocycles. The highest BCUT2D eigenvalue weighted by Crippen LogP contribution is 2.28. The number of anilines is 2. The zero-order chi connectivity index (χ0) is 19.2. The number of para-hydroxylation sites is 1. The van der Waals surface area contributed by atoms with Crippen LogP contribution in [0.5, 0.6) is 5.75 Å². The molecule has 0 spiro atoms. The van der Waals surface area contributed by atoms with Gasteiger partial charge >= 0.3 is 0 Å². The van der Waals surface area contributed by atoms with Crippen LogP contribution in [-0.2, 0) is 16.0 Å². The molecule has 4 nitrogen and oxygen atoms in total. The van der Waals surface area contributed by atoms with E-state index in [1.165, 1.54) is 17.0 Å². The van der Waals surface area contributed by atoms with E-state index >= 15 is 0 Å². The van der Waals surface area contributed by atoms with Gasteiger partial charge in [-0.2, -0.15) is 0 Å². The maximum atomic E-state index is 12.9. The van der Waals surface area contributed by atoms with Gasteiger partial charge in [-0.25, -0.2) is 0 Å². The first-order chi connectivity index (χ1) is 13.0. The maximum absolute atomic E-state index is 12.9. The monoisotopic (exact) mass is 379 g/mol. The van der Waals surface area contributed by atoms with Gasteiger partial charge in [-0.05, 0) is 48.0 Å². The molecule has 0 unspecified atom stereocenters. The third-order valence-electron chi connectivity index (χ3n) is 4.07. The highest BCUT2D eigenvalue weighted by molar-refractivity contribution is 6.31. The molecular formula is C22H18ClNO3. The summed E-state index contributed by atoms with van der Waals surface area (Å²) in [4.78, 5) is 26.9. The van der Waals surface area contributed by atoms with Gasteiger partial charge in [0.2, 0.25) is 5.91 Å². The molecule has 0 fully saturated rings. The smallest absolute Gasteiger partial charge is 0.238 e. The van der Waals surface area contributed by atoms with Gasteiger partial charge in [-0.1, -0.05) is 48.0 Å². The Hall–Kier alpha value is -3.11. The third-order valence-corrected chi connectivity index (χ3v) is 4.43. The first-order valence-corrected chi connectivity index (χ1v) is 8.84. The van der Waals surface area contributed by atoms with Gasteiger partial charge < -0.3 is 5.11 Å². The number of amides is 1. The average molecular weight is 380 g/mol. The summed E-state index contributed by atoms with van der Waals surface area (Å²) < 4.78 is 0. The van der Waals surface area contributed by atoms with Crippen LogP contribution in [0.15, 0.2) is 78.9 Å². The Balaban J connectivity index is 1.82. The predicted octanol–water partition coefficient (Wildman–Crippen LogP) is 4.91. The van der Waals surface area contributed by atoms with Crippen LogP contribution < -0.4 is 4.90 Å². The van der Waals surface area contributed by atoms with Gasteiger partial charge in [0.05, 0.1) is 6.42 Å². The number of rotatable bonds is 6. The van der Waals surface area contributed by atoms with E-state index in [0.29, 0.717) is 22.0 Å². The first-order valence-electron chi connectivity index (χ1n) is 8.47. The Morgan fingerprint density at radius 1 is 0.815 bits per heavy atom. The van der Waals surface area contributed by atoms with Crippen LogP contribution in [0.4, 0.5) is 11.4 Å². The Morgan fingerprint density at radius 3 is 2.07 bits per heavy atom. The van der Waals surface area contributed by atoms with Crippen molar-refractivity contribution in [3.8, 4) is 5.75 Å². The zero-order valence-corrected chi connectivity index (χ0v) is 15.3. The van der Waals surface area contributed by atoms with Crippen LogP contribution in [-0.4, -0.2) is 16.8 Å². The fourth-order valence-corrected chi connectivity index (χ4v) is 2.98.